The predicted octanol–water partition coefficient (Wildman–Crippen LogP) is 5.24. The first-order valence-electron chi connectivity index (χ1n) is 12.4. The highest BCUT2D eigenvalue weighted by molar-refractivity contribution is 7.99. The Hall–Kier alpha value is -4.66. The molecule has 3 aromatic carbocycles. The molecule has 11 heteroatoms. The number of nitrogens with one attached hydrogen (secondary N) is 2. The minimum absolute atomic E-state index is 0.0951. The van der Waals surface area contributed by atoms with Gasteiger partial charge in [-0.3, -0.25) is 9.59 Å². The molecule has 2 amide bonds. The van der Waals surface area contributed by atoms with Gasteiger partial charge in [-0.25, -0.2) is 18.1 Å². The van der Waals surface area contributed by atoms with E-state index in [1.54, 1.807) is 7.11 Å². The fraction of sp³-hybridized carbons (Fsp3) is 0.133. The lowest BCUT2D eigenvalue weighted by molar-refractivity contribution is -0.117. The van der Waals surface area contributed by atoms with Crippen LogP contribution in [0.1, 0.15) is 18.9 Å². The summed E-state index contributed by atoms with van der Waals surface area (Å²) in [5, 5.41) is 13.3. The standard InChI is InChI=1S/C30H26N4O5S2/c1-20(35)34-41(37,38)25-14-10-23(11-15-25)32-29(36)16-17-40-30-27(19-31)26(21-8-12-24(39-2)13-9-21)18-28(33-30)22-6-4-3-5-7-22/h3-15,18H,16-17H2,1-2H3,(H,32,36)(H,34,35). The van der Waals surface area contributed by atoms with Gasteiger partial charge in [-0.15, -0.1) is 11.8 Å². The van der Waals surface area contributed by atoms with Crippen LogP contribution in [0.15, 0.2) is 94.9 Å². The van der Waals surface area contributed by atoms with E-state index in [0.29, 0.717) is 33.5 Å². The maximum atomic E-state index is 12.6. The third-order valence-electron chi connectivity index (χ3n) is 5.86. The third kappa shape index (κ3) is 7.51. The SMILES string of the molecule is COc1ccc(-c2cc(-c3ccccc3)nc(SCCC(=O)Nc3ccc(S(=O)(=O)NC(C)=O)cc3)c2C#N)cc1. The zero-order valence-corrected chi connectivity index (χ0v) is 23.9. The zero-order chi connectivity index (χ0) is 29.4. The number of nitriles is 1. The van der Waals surface area contributed by atoms with Crippen LogP contribution in [0.2, 0.25) is 0 Å². The van der Waals surface area contributed by atoms with Crippen LogP contribution in [0, 0.1) is 11.3 Å². The minimum Gasteiger partial charge on any atom is -0.497 e. The lowest BCUT2D eigenvalue weighted by Gasteiger charge is -2.13. The van der Waals surface area contributed by atoms with Crippen LogP contribution >= 0.6 is 11.8 Å². The van der Waals surface area contributed by atoms with E-state index in [1.165, 1.54) is 36.0 Å². The Morgan fingerprint density at radius 3 is 2.27 bits per heavy atom. The number of benzene rings is 3. The van der Waals surface area contributed by atoms with Gasteiger partial charge in [0.1, 0.15) is 16.8 Å². The van der Waals surface area contributed by atoms with E-state index in [1.807, 2.05) is 65.4 Å². The number of sulfonamides is 1. The maximum absolute atomic E-state index is 12.6. The topological polar surface area (TPSA) is 138 Å². The van der Waals surface area contributed by atoms with Crippen LogP contribution in [0.3, 0.4) is 0 Å². The summed E-state index contributed by atoms with van der Waals surface area (Å²) < 4.78 is 31.4. The second-order valence-corrected chi connectivity index (χ2v) is 11.5. The Labute approximate surface area is 242 Å². The number of rotatable bonds is 10. The van der Waals surface area contributed by atoms with Gasteiger partial charge >= 0.3 is 0 Å². The Morgan fingerprint density at radius 2 is 1.66 bits per heavy atom. The maximum Gasteiger partial charge on any atom is 0.264 e. The van der Waals surface area contributed by atoms with E-state index in [9.17, 15) is 23.3 Å². The van der Waals surface area contributed by atoms with Crippen LogP contribution < -0.4 is 14.8 Å². The van der Waals surface area contributed by atoms with Crippen molar-refractivity contribution in [2.24, 2.45) is 0 Å². The van der Waals surface area contributed by atoms with E-state index < -0.39 is 15.9 Å². The van der Waals surface area contributed by atoms with Gasteiger partial charge in [0.25, 0.3) is 10.0 Å². The monoisotopic (exact) mass is 586 g/mol. The van der Waals surface area contributed by atoms with Gasteiger partial charge in [0.15, 0.2) is 0 Å². The Bertz CT molecular complexity index is 1700. The number of pyridine rings is 1. The number of ether oxygens (including phenoxy) is 1. The fourth-order valence-corrected chi connectivity index (χ4v) is 5.85. The van der Waals surface area contributed by atoms with E-state index in [0.717, 1.165) is 23.6 Å². The Kier molecular flexibility index (Phi) is 9.39. The molecule has 41 heavy (non-hydrogen) atoms. The first-order valence-corrected chi connectivity index (χ1v) is 14.9. The fourth-order valence-electron chi connectivity index (χ4n) is 3.92. The minimum atomic E-state index is -3.96. The molecule has 4 aromatic rings. The van der Waals surface area contributed by atoms with Crippen molar-refractivity contribution in [3.8, 4) is 34.2 Å². The molecule has 0 saturated heterocycles. The van der Waals surface area contributed by atoms with Gasteiger partial charge in [-0.05, 0) is 48.0 Å². The van der Waals surface area contributed by atoms with E-state index in [4.69, 9.17) is 9.72 Å². The lowest BCUT2D eigenvalue weighted by atomic mass is 9.99. The first-order chi connectivity index (χ1) is 19.7. The number of nitrogens with zero attached hydrogens (tertiary/aromatic N) is 2. The van der Waals surface area contributed by atoms with Crippen molar-refractivity contribution in [2.45, 2.75) is 23.3 Å². The summed E-state index contributed by atoms with van der Waals surface area (Å²) >= 11 is 1.31. The van der Waals surface area contributed by atoms with Crippen molar-refractivity contribution in [2.75, 3.05) is 18.2 Å². The van der Waals surface area contributed by atoms with Crippen LogP contribution in [-0.2, 0) is 19.6 Å². The molecule has 4 rings (SSSR count). The molecule has 0 bridgehead atoms. The highest BCUT2D eigenvalue weighted by Crippen LogP contribution is 2.35. The molecule has 0 aliphatic rings. The molecule has 0 spiro atoms. The van der Waals surface area contributed by atoms with Crippen molar-refractivity contribution >= 4 is 39.3 Å². The molecule has 1 aromatic heterocycles. The molecule has 0 fully saturated rings. The average Bonchev–Trinajstić information content (AvgIpc) is 2.97. The quantitative estimate of drug-likeness (QED) is 0.241. The Morgan fingerprint density at radius 1 is 0.976 bits per heavy atom. The second-order valence-electron chi connectivity index (χ2n) is 8.77. The summed E-state index contributed by atoms with van der Waals surface area (Å²) in [5.74, 6) is 0.0691. The van der Waals surface area contributed by atoms with Gasteiger partial charge in [0.2, 0.25) is 11.8 Å². The molecule has 0 atom stereocenters. The molecule has 0 unspecified atom stereocenters. The number of carbonyl (C=O) groups excluding carboxylic acids is 2. The smallest absolute Gasteiger partial charge is 0.264 e. The number of aromatic nitrogens is 1. The molecule has 0 radical (unpaired) electrons. The molecule has 0 saturated carbocycles. The zero-order valence-electron chi connectivity index (χ0n) is 22.2. The number of anilines is 1. The van der Waals surface area contributed by atoms with E-state index in [-0.39, 0.29) is 17.2 Å². The lowest BCUT2D eigenvalue weighted by Crippen LogP contribution is -2.28. The largest absolute Gasteiger partial charge is 0.497 e. The van der Waals surface area contributed by atoms with Crippen LogP contribution in [0.5, 0.6) is 5.75 Å². The van der Waals surface area contributed by atoms with Gasteiger partial charge in [0.05, 0.1) is 23.3 Å². The van der Waals surface area contributed by atoms with Crippen molar-refractivity contribution in [3.05, 3.63) is 90.5 Å². The van der Waals surface area contributed by atoms with Gasteiger partial charge in [-0.1, -0.05) is 42.5 Å². The number of hydrogen-bond acceptors (Lipinski definition) is 8. The molecule has 9 nitrogen and oxygen atoms in total. The summed E-state index contributed by atoms with van der Waals surface area (Å²) in [5.41, 5.74) is 3.99. The van der Waals surface area contributed by atoms with Crippen molar-refractivity contribution in [1.29, 1.82) is 5.26 Å². The summed E-state index contributed by atoms with van der Waals surface area (Å²) in [6.07, 6.45) is 0.122. The number of methoxy groups -OCH3 is 1. The van der Waals surface area contributed by atoms with Crippen LogP contribution in [0.25, 0.3) is 22.4 Å². The van der Waals surface area contributed by atoms with Crippen molar-refractivity contribution in [3.63, 3.8) is 0 Å². The Balaban J connectivity index is 1.51. The summed E-state index contributed by atoms with van der Waals surface area (Å²) in [4.78, 5) is 28.4. The molecule has 0 aliphatic heterocycles. The normalized spacial score (nSPS) is 10.9. The van der Waals surface area contributed by atoms with Crippen LogP contribution in [-0.4, -0.2) is 38.1 Å². The predicted molar refractivity (Wildman–Crippen MR) is 158 cm³/mol. The second kappa shape index (κ2) is 13.1. The molecule has 1 heterocycles. The van der Waals surface area contributed by atoms with Crippen molar-refractivity contribution < 1.29 is 22.7 Å². The van der Waals surface area contributed by atoms with Gasteiger partial charge in [0, 0.05) is 35.9 Å². The number of hydrogen-bond donors (Lipinski definition) is 2. The van der Waals surface area contributed by atoms with Crippen LogP contribution in [0.4, 0.5) is 5.69 Å². The van der Waals surface area contributed by atoms with Gasteiger partial charge < -0.3 is 10.1 Å². The highest BCUT2D eigenvalue weighted by atomic mass is 32.2. The summed E-state index contributed by atoms with van der Waals surface area (Å²) in [6.45, 7) is 1.11. The number of amides is 2. The van der Waals surface area contributed by atoms with Crippen molar-refractivity contribution in [1.82, 2.24) is 9.71 Å². The summed E-state index contributed by atoms with van der Waals surface area (Å²) in [6, 6.07) is 26.7. The molecule has 2 N–H and O–H groups in total. The van der Waals surface area contributed by atoms with E-state index >= 15 is 0 Å². The molecular weight excluding hydrogens is 560 g/mol. The highest BCUT2D eigenvalue weighted by Gasteiger charge is 2.18. The molecule has 208 valence electrons. The average molecular weight is 587 g/mol. The number of carbonyl (C=O) groups is 2. The number of thioether (sulfide) groups is 1. The third-order valence-corrected chi connectivity index (χ3v) is 8.29. The molecule has 0 aliphatic carbocycles. The molecular formula is C30H26N4O5S2. The summed E-state index contributed by atoms with van der Waals surface area (Å²) in [7, 11) is -2.37. The first kappa shape index (κ1) is 29.3. The van der Waals surface area contributed by atoms with E-state index in [2.05, 4.69) is 11.4 Å². The van der Waals surface area contributed by atoms with Gasteiger partial charge in [-0.2, -0.15) is 5.26 Å².